The summed E-state index contributed by atoms with van der Waals surface area (Å²) >= 11 is 0. The van der Waals surface area contributed by atoms with Crippen LogP contribution in [0.2, 0.25) is 0 Å². The monoisotopic (exact) mass is 859 g/mol. The van der Waals surface area contributed by atoms with E-state index in [1.165, 1.54) is 52.4 Å². The minimum Gasteiger partial charge on any atom is -0.509 e. The highest BCUT2D eigenvalue weighted by atomic mass is 16.7. The zero-order valence-corrected chi connectivity index (χ0v) is 36.6. The molecule has 62 heavy (non-hydrogen) atoms. The lowest BCUT2D eigenvalue weighted by Gasteiger charge is -2.48. The molecule has 1 fully saturated rings. The summed E-state index contributed by atoms with van der Waals surface area (Å²) in [7, 11) is 3.06. The van der Waals surface area contributed by atoms with Crippen LogP contribution in [0.4, 0.5) is 5.69 Å². The molecule has 6 N–H and O–H groups in total. The van der Waals surface area contributed by atoms with Gasteiger partial charge < -0.3 is 59.1 Å². The van der Waals surface area contributed by atoms with E-state index in [2.05, 4.69) is 5.32 Å². The highest BCUT2D eigenvalue weighted by Crippen LogP contribution is 2.56. The molecule has 11 atom stereocenters. The second kappa shape index (κ2) is 16.5. The number of Topliss-reactive ketones (excluding diaryl/α,β-unsaturated/α-hetero) is 1. The lowest BCUT2D eigenvalue weighted by atomic mass is 9.69. The second-order valence-electron chi connectivity index (χ2n) is 17.8. The van der Waals surface area contributed by atoms with Gasteiger partial charge in [0.2, 0.25) is 5.43 Å². The van der Waals surface area contributed by atoms with Crippen molar-refractivity contribution in [2.75, 3.05) is 32.2 Å². The first-order valence-corrected chi connectivity index (χ1v) is 20.8. The third-order valence-corrected chi connectivity index (χ3v) is 13.5. The molecule has 16 nitrogen and oxygen atoms in total. The molecule has 0 spiro atoms. The number of nitrogens with one attached hydrogen (secondary N) is 1. The maximum absolute atomic E-state index is 14.4. The molecular weight excluding hydrogens is 803 g/mol. The third-order valence-electron chi connectivity index (χ3n) is 13.5. The molecule has 0 aromatic rings. The number of aromatic nitrogens is 1. The summed E-state index contributed by atoms with van der Waals surface area (Å²) in [6.07, 6.45) is 3.52. The Balaban J connectivity index is 1.40. The smallest absolute Gasteiger partial charge is 0.306 e. The van der Waals surface area contributed by atoms with Crippen LogP contribution in [-0.4, -0.2) is 105 Å². The molecule has 1 amide bonds. The number of carbonyl (C=O) groups excluding carboxylic acids is 2. The zero-order valence-electron chi connectivity index (χ0n) is 36.6. The molecule has 4 aliphatic heterocycles. The Kier molecular flexibility index (Phi) is 11.9. The van der Waals surface area contributed by atoms with Gasteiger partial charge in [0.25, 0.3) is 5.91 Å². The molecule has 7 rings (SSSR count). The zero-order chi connectivity index (χ0) is 45.3. The highest BCUT2D eigenvalue weighted by Gasteiger charge is 2.58. The molecule has 3 aliphatic carbocycles. The lowest BCUT2D eigenvalue weighted by Crippen LogP contribution is -2.61. The van der Waals surface area contributed by atoms with Gasteiger partial charge in [-0.2, -0.15) is 0 Å². The minimum atomic E-state index is -1.93. The molecular formula is C46H57N3O13. The van der Waals surface area contributed by atoms with Crippen molar-refractivity contribution in [2.24, 2.45) is 29.6 Å². The van der Waals surface area contributed by atoms with Crippen LogP contribution in [0.1, 0.15) is 72.8 Å². The van der Waals surface area contributed by atoms with E-state index in [0.29, 0.717) is 18.8 Å². The fraction of sp³-hybridized carbons (Fsp3) is 0.522. The highest BCUT2D eigenvalue weighted by molar-refractivity contribution is 6.05. The molecule has 0 aromatic heterocycles. The number of hydrogen-bond donors (Lipinski definition) is 6. The van der Waals surface area contributed by atoms with Crippen LogP contribution in [0, 0.1) is 29.6 Å². The normalized spacial score (nSPS) is 36.0. The quantitative estimate of drug-likeness (QED) is 0.249. The molecule has 16 heteroatoms. The van der Waals surface area contributed by atoms with Crippen LogP contribution in [0.25, 0.3) is 17.2 Å². The van der Waals surface area contributed by atoms with E-state index in [9.17, 15) is 39.9 Å². The van der Waals surface area contributed by atoms with E-state index in [0.717, 1.165) is 0 Å². The van der Waals surface area contributed by atoms with Crippen LogP contribution in [0.5, 0.6) is 0 Å². The first kappa shape index (κ1) is 44.8. The molecule has 7 aliphatic rings. The Morgan fingerprint density at radius 1 is 0.903 bits per heavy atom. The molecule has 2 unspecified atom stereocenters. The van der Waals surface area contributed by atoms with Gasteiger partial charge in [0.15, 0.2) is 28.8 Å². The van der Waals surface area contributed by atoms with Gasteiger partial charge in [-0.25, -0.2) is 4.98 Å². The van der Waals surface area contributed by atoms with Gasteiger partial charge >= 0.3 is 5.79 Å². The summed E-state index contributed by atoms with van der Waals surface area (Å²) < 4.78 is 30.1. The number of ether oxygens (including phenoxy) is 4. The number of amides is 1. The van der Waals surface area contributed by atoms with Crippen molar-refractivity contribution < 1.29 is 58.5 Å². The molecule has 1 saturated heterocycles. The van der Waals surface area contributed by atoms with Gasteiger partial charge in [-0.1, -0.05) is 45.9 Å². The van der Waals surface area contributed by atoms with Crippen molar-refractivity contribution >= 4 is 23.1 Å². The summed E-state index contributed by atoms with van der Waals surface area (Å²) in [6, 6.07) is 3.06. The Labute approximate surface area is 359 Å². The number of hydrogen-bond acceptors (Lipinski definition) is 15. The van der Waals surface area contributed by atoms with Gasteiger partial charge in [-0.05, 0) is 26.8 Å². The molecule has 0 aromatic carbocycles. The molecule has 4 bridgehead atoms. The maximum atomic E-state index is 14.4. The summed E-state index contributed by atoms with van der Waals surface area (Å²) in [5.74, 6) is -9.54. The lowest BCUT2D eigenvalue weighted by molar-refractivity contribution is -0.146. The fourth-order valence-electron chi connectivity index (χ4n) is 9.19. The van der Waals surface area contributed by atoms with E-state index < -0.39 is 99.9 Å². The van der Waals surface area contributed by atoms with Crippen LogP contribution in [-0.2, 0) is 28.5 Å². The van der Waals surface area contributed by atoms with Gasteiger partial charge in [0, 0.05) is 86.9 Å². The minimum absolute atomic E-state index is 0.0221. The van der Waals surface area contributed by atoms with Crippen LogP contribution < -0.4 is 15.6 Å². The number of aliphatic hydroxyl groups is 5. The van der Waals surface area contributed by atoms with Gasteiger partial charge in [-0.15, -0.1) is 0 Å². The Bertz CT molecular complexity index is 2370. The number of allylic oxidation sites excluding steroid dienone is 5. The van der Waals surface area contributed by atoms with Crippen molar-refractivity contribution in [3.05, 3.63) is 98.4 Å². The number of aliphatic hydroxyl groups excluding tert-OH is 5. The van der Waals surface area contributed by atoms with Gasteiger partial charge in [0.05, 0.1) is 59.4 Å². The van der Waals surface area contributed by atoms with Crippen molar-refractivity contribution in [2.45, 2.75) is 97.1 Å². The summed E-state index contributed by atoms with van der Waals surface area (Å²) in [6.45, 7) is 14.3. The van der Waals surface area contributed by atoms with Crippen molar-refractivity contribution in [3.63, 3.8) is 0 Å². The number of methoxy groups -OCH3 is 2. The second-order valence-corrected chi connectivity index (χ2v) is 17.8. The molecule has 0 saturated carbocycles. The Morgan fingerprint density at radius 3 is 2.23 bits per heavy atom. The number of ketones is 1. The first-order valence-electron chi connectivity index (χ1n) is 20.8. The number of fused-ring (bicyclic) bond motifs is 2. The third kappa shape index (κ3) is 7.44. The Morgan fingerprint density at radius 2 is 1.56 bits per heavy atom. The molecule has 4 heterocycles. The number of nitrogens with zero attached hydrogens (tertiary/aromatic N) is 2. The maximum Gasteiger partial charge on any atom is 0.306 e. The molecule has 334 valence electrons. The van der Waals surface area contributed by atoms with E-state index in [-0.39, 0.29) is 51.1 Å². The van der Waals surface area contributed by atoms with Crippen LogP contribution >= 0.6 is 0 Å². The van der Waals surface area contributed by atoms with E-state index in [4.69, 9.17) is 28.3 Å². The van der Waals surface area contributed by atoms with Crippen molar-refractivity contribution in [1.82, 2.24) is 10.3 Å². The topological polar surface area (TPSA) is 231 Å². The average Bonchev–Trinajstić information content (AvgIpc) is 3.50. The summed E-state index contributed by atoms with van der Waals surface area (Å²) in [4.78, 5) is 48.9. The largest absolute Gasteiger partial charge is 0.509 e. The van der Waals surface area contributed by atoms with Gasteiger partial charge in [-0.3, -0.25) is 14.4 Å². The first-order chi connectivity index (χ1) is 29.2. The summed E-state index contributed by atoms with van der Waals surface area (Å²) in [5, 5.41) is 61.0. The van der Waals surface area contributed by atoms with E-state index >= 15 is 0 Å². The SMILES string of the molecule is CO[C@H]1/C=C/O[C@@]2(C)OC3=C(C)C(=O)C4C(O)=C(NC(=O)/C(C)=C\C=C\[C@H](C)[C@H](O)[C@@H](C)[C@@H](O)[C@@H](C)[C@H](O)[C@@H]1C)c1oc5cc(N6CC(C)(OC)C6)cc(=O)c-5nc1C4C3=C2O. The number of rotatable bonds is 3. The van der Waals surface area contributed by atoms with E-state index in [1.54, 1.807) is 53.0 Å². The van der Waals surface area contributed by atoms with Crippen LogP contribution in [0.15, 0.2) is 85.9 Å². The van der Waals surface area contributed by atoms with E-state index in [1.807, 2.05) is 11.8 Å². The predicted octanol–water partition coefficient (Wildman–Crippen LogP) is 4.52. The molecule has 0 radical (unpaired) electrons. The predicted molar refractivity (Wildman–Crippen MR) is 226 cm³/mol. The van der Waals surface area contributed by atoms with Crippen molar-refractivity contribution in [3.8, 4) is 11.5 Å². The number of anilines is 1. The van der Waals surface area contributed by atoms with Crippen LogP contribution in [0.3, 0.4) is 0 Å². The van der Waals surface area contributed by atoms with Gasteiger partial charge in [0.1, 0.15) is 17.2 Å². The number of benzene rings is 1. The average molecular weight is 860 g/mol. The Hall–Kier alpha value is -5.26. The fourth-order valence-corrected chi connectivity index (χ4v) is 9.19. The van der Waals surface area contributed by atoms with Crippen molar-refractivity contribution in [1.29, 1.82) is 0 Å². The summed E-state index contributed by atoms with van der Waals surface area (Å²) in [5.41, 5.74) is -0.440. The standard InChI is InChI=1S/C46H57N3O13/c1-20-12-11-13-21(2)44(57)48-35-40(55)31-30(34-42(35)61-29-17-26(16-27(50)33(29)47-34)49-18-45(7,19-49)59-10)32-41(25(6)39(31)54)62-46(8,43(32)56)60-15-14-28(58-9)22(3)37(52)24(5)38(53)23(4)36(20)51/h11-17,20,22-24,28,30-31,36-38,51-53,55-56H,18-19H2,1-10H3,(H,48,57)/b12-11+,15-14+,21-13-/t20-,22+,23+,24-,28-,30?,31?,36-,37+,38+,46-/m0/s1. The number of carbonyl (C=O) groups is 2.